The third kappa shape index (κ3) is 3.63. The van der Waals surface area contributed by atoms with E-state index in [-0.39, 0.29) is 17.4 Å². The fourth-order valence-electron chi connectivity index (χ4n) is 2.24. The van der Waals surface area contributed by atoms with Crippen LogP contribution in [-0.4, -0.2) is 31.5 Å². The Labute approximate surface area is 103 Å². The van der Waals surface area contributed by atoms with Gasteiger partial charge in [-0.05, 0) is 12.8 Å². The van der Waals surface area contributed by atoms with Gasteiger partial charge in [-0.2, -0.15) is 0 Å². The van der Waals surface area contributed by atoms with Crippen molar-refractivity contribution in [1.29, 1.82) is 0 Å². The lowest BCUT2D eigenvalue weighted by Gasteiger charge is -2.33. The third-order valence-corrected chi connectivity index (χ3v) is 3.77. The highest BCUT2D eigenvalue weighted by molar-refractivity contribution is 6.18. The van der Waals surface area contributed by atoms with Crippen LogP contribution in [0, 0.1) is 5.41 Å². The van der Waals surface area contributed by atoms with Crippen LogP contribution in [0.5, 0.6) is 0 Å². The molecule has 0 aromatic rings. The van der Waals surface area contributed by atoms with E-state index in [1.807, 2.05) is 0 Å². The molecule has 0 saturated heterocycles. The molecule has 0 aromatic carbocycles. The second-order valence-corrected chi connectivity index (χ2v) is 5.21. The van der Waals surface area contributed by atoms with E-state index < -0.39 is 0 Å². The number of ether oxygens (including phenoxy) is 1. The number of hydrogen-bond donors (Lipinski definition) is 1. The van der Waals surface area contributed by atoms with E-state index in [2.05, 4.69) is 12.2 Å². The first-order valence-corrected chi connectivity index (χ1v) is 6.52. The van der Waals surface area contributed by atoms with Crippen molar-refractivity contribution in [3.05, 3.63) is 0 Å². The summed E-state index contributed by atoms with van der Waals surface area (Å²) in [5.41, 5.74) is -0.198. The summed E-state index contributed by atoms with van der Waals surface area (Å²) in [7, 11) is 1.62. The van der Waals surface area contributed by atoms with Crippen LogP contribution < -0.4 is 5.32 Å². The second-order valence-electron chi connectivity index (χ2n) is 4.90. The largest absolute Gasteiger partial charge is 0.383 e. The van der Waals surface area contributed by atoms with E-state index in [1.54, 1.807) is 7.11 Å². The number of methoxy groups -OCH3 is 1. The molecule has 1 aliphatic rings. The molecule has 1 rings (SSSR count). The zero-order chi connectivity index (χ0) is 12.0. The summed E-state index contributed by atoms with van der Waals surface area (Å²) in [5.74, 6) is 0.533. The van der Waals surface area contributed by atoms with Crippen molar-refractivity contribution in [2.45, 2.75) is 45.1 Å². The first-order valence-electron chi connectivity index (χ1n) is 5.98. The lowest BCUT2D eigenvalue weighted by Crippen LogP contribution is -2.47. The van der Waals surface area contributed by atoms with Crippen molar-refractivity contribution in [2.24, 2.45) is 5.41 Å². The third-order valence-electron chi connectivity index (χ3n) is 3.39. The Kier molecular flexibility index (Phi) is 5.56. The number of carbonyl (C=O) groups is 1. The standard InChI is InChI=1S/C12H22ClNO2/c1-12(6-4-3-5-7-12)11(15)14-10(8-13)9-16-2/h10H,3-9H2,1-2H3,(H,14,15). The SMILES string of the molecule is COCC(CCl)NC(=O)C1(C)CCCCC1. The maximum Gasteiger partial charge on any atom is 0.226 e. The molecule has 1 atom stereocenters. The quantitative estimate of drug-likeness (QED) is 0.758. The van der Waals surface area contributed by atoms with Crippen molar-refractivity contribution in [1.82, 2.24) is 5.32 Å². The van der Waals surface area contributed by atoms with E-state index in [0.29, 0.717) is 12.5 Å². The van der Waals surface area contributed by atoms with Crippen molar-refractivity contribution < 1.29 is 9.53 Å². The van der Waals surface area contributed by atoms with Crippen molar-refractivity contribution in [3.8, 4) is 0 Å². The van der Waals surface area contributed by atoms with Crippen LogP contribution in [0.25, 0.3) is 0 Å². The first kappa shape index (κ1) is 13.8. The Bertz CT molecular complexity index is 227. The average molecular weight is 248 g/mol. The number of carbonyl (C=O) groups excluding carboxylic acids is 1. The van der Waals surface area contributed by atoms with Crippen LogP contribution in [0.15, 0.2) is 0 Å². The van der Waals surface area contributed by atoms with Crippen LogP contribution in [-0.2, 0) is 9.53 Å². The Balaban J connectivity index is 2.48. The van der Waals surface area contributed by atoms with Crippen molar-refractivity contribution in [3.63, 3.8) is 0 Å². The molecule has 0 bridgehead atoms. The highest BCUT2D eigenvalue weighted by Gasteiger charge is 2.35. The van der Waals surface area contributed by atoms with Crippen molar-refractivity contribution >= 4 is 17.5 Å². The minimum absolute atomic E-state index is 0.0714. The number of halogens is 1. The van der Waals surface area contributed by atoms with Crippen LogP contribution in [0.3, 0.4) is 0 Å². The van der Waals surface area contributed by atoms with Gasteiger partial charge in [0.05, 0.1) is 12.6 Å². The zero-order valence-electron chi connectivity index (χ0n) is 10.2. The van der Waals surface area contributed by atoms with Gasteiger partial charge in [-0.3, -0.25) is 4.79 Å². The van der Waals surface area contributed by atoms with Gasteiger partial charge in [0.15, 0.2) is 0 Å². The zero-order valence-corrected chi connectivity index (χ0v) is 11.0. The summed E-state index contributed by atoms with van der Waals surface area (Å²) < 4.78 is 5.02. The molecule has 1 fully saturated rings. The summed E-state index contributed by atoms with van der Waals surface area (Å²) >= 11 is 5.78. The predicted molar refractivity (Wildman–Crippen MR) is 65.7 cm³/mol. The van der Waals surface area contributed by atoms with Gasteiger partial charge >= 0.3 is 0 Å². The lowest BCUT2D eigenvalue weighted by atomic mass is 9.75. The van der Waals surface area contributed by atoms with Gasteiger partial charge in [-0.25, -0.2) is 0 Å². The number of rotatable bonds is 5. The smallest absolute Gasteiger partial charge is 0.226 e. The van der Waals surface area contributed by atoms with E-state index >= 15 is 0 Å². The molecule has 1 amide bonds. The van der Waals surface area contributed by atoms with E-state index in [9.17, 15) is 4.79 Å². The normalized spacial score (nSPS) is 21.4. The fourth-order valence-corrected chi connectivity index (χ4v) is 2.41. The molecular formula is C12H22ClNO2. The monoisotopic (exact) mass is 247 g/mol. The molecule has 0 aliphatic heterocycles. The predicted octanol–water partition coefficient (Wildman–Crippen LogP) is 2.33. The maximum atomic E-state index is 12.1. The van der Waals surface area contributed by atoms with Gasteiger partial charge in [0, 0.05) is 18.4 Å². The Hall–Kier alpha value is -0.280. The summed E-state index contributed by atoms with van der Waals surface area (Å²) in [6.45, 7) is 2.53. The molecule has 0 radical (unpaired) electrons. The van der Waals surface area contributed by atoms with Gasteiger partial charge in [0.25, 0.3) is 0 Å². The number of nitrogens with one attached hydrogen (secondary N) is 1. The summed E-state index contributed by atoms with van der Waals surface area (Å²) in [4.78, 5) is 12.1. The van der Waals surface area contributed by atoms with Gasteiger partial charge < -0.3 is 10.1 Å². The Morgan fingerprint density at radius 3 is 2.56 bits per heavy atom. The summed E-state index contributed by atoms with van der Waals surface area (Å²) in [5, 5.41) is 2.98. The molecule has 0 aromatic heterocycles. The van der Waals surface area contributed by atoms with Gasteiger partial charge in [0.1, 0.15) is 0 Å². The molecule has 0 heterocycles. The molecule has 94 valence electrons. The minimum atomic E-state index is -0.198. The molecule has 1 aliphatic carbocycles. The van der Waals surface area contributed by atoms with E-state index in [4.69, 9.17) is 16.3 Å². The van der Waals surface area contributed by atoms with E-state index in [0.717, 1.165) is 25.7 Å². The fraction of sp³-hybridized carbons (Fsp3) is 0.917. The van der Waals surface area contributed by atoms with Gasteiger partial charge in [-0.1, -0.05) is 26.2 Å². The van der Waals surface area contributed by atoms with Gasteiger partial charge in [0.2, 0.25) is 5.91 Å². The molecule has 1 unspecified atom stereocenters. The minimum Gasteiger partial charge on any atom is -0.383 e. The average Bonchev–Trinajstić information content (AvgIpc) is 2.29. The maximum absolute atomic E-state index is 12.1. The van der Waals surface area contributed by atoms with Crippen LogP contribution in [0.2, 0.25) is 0 Å². The lowest BCUT2D eigenvalue weighted by molar-refractivity contribution is -0.132. The molecule has 0 spiro atoms. The molecular weight excluding hydrogens is 226 g/mol. The molecule has 3 nitrogen and oxygen atoms in total. The van der Waals surface area contributed by atoms with Crippen LogP contribution >= 0.6 is 11.6 Å². The number of alkyl halides is 1. The topological polar surface area (TPSA) is 38.3 Å². The Morgan fingerprint density at radius 1 is 1.44 bits per heavy atom. The highest BCUT2D eigenvalue weighted by atomic mass is 35.5. The van der Waals surface area contributed by atoms with Crippen molar-refractivity contribution in [2.75, 3.05) is 19.6 Å². The molecule has 16 heavy (non-hydrogen) atoms. The summed E-state index contributed by atoms with van der Waals surface area (Å²) in [6.07, 6.45) is 5.53. The first-order chi connectivity index (χ1) is 7.62. The van der Waals surface area contributed by atoms with Crippen LogP contribution in [0.1, 0.15) is 39.0 Å². The number of hydrogen-bond acceptors (Lipinski definition) is 2. The molecule has 1 saturated carbocycles. The Morgan fingerprint density at radius 2 is 2.06 bits per heavy atom. The van der Waals surface area contributed by atoms with Crippen LogP contribution in [0.4, 0.5) is 0 Å². The molecule has 1 N–H and O–H groups in total. The highest BCUT2D eigenvalue weighted by Crippen LogP contribution is 2.35. The van der Waals surface area contributed by atoms with E-state index in [1.165, 1.54) is 6.42 Å². The second kappa shape index (κ2) is 6.45. The van der Waals surface area contributed by atoms with Gasteiger partial charge in [-0.15, -0.1) is 11.6 Å². The number of amides is 1. The molecule has 4 heteroatoms. The summed E-state index contributed by atoms with van der Waals surface area (Å²) in [6, 6.07) is -0.0714.